The Morgan fingerprint density at radius 2 is 1.80 bits per heavy atom. The SMILES string of the molecule is CNC(C)C(=O)C(C)(C)C. The Labute approximate surface area is 63.0 Å². The highest BCUT2D eigenvalue weighted by Crippen LogP contribution is 2.16. The fourth-order valence-electron chi connectivity index (χ4n) is 0.781. The smallest absolute Gasteiger partial charge is 0.154 e. The lowest BCUT2D eigenvalue weighted by atomic mass is 9.87. The molecule has 0 amide bonds. The lowest BCUT2D eigenvalue weighted by molar-refractivity contribution is -0.127. The first-order chi connectivity index (χ1) is 4.39. The van der Waals surface area contributed by atoms with Gasteiger partial charge in [-0.15, -0.1) is 0 Å². The fraction of sp³-hybridized carbons (Fsp3) is 0.875. The molecule has 0 saturated heterocycles. The second-order valence-corrected chi connectivity index (χ2v) is 3.62. The molecule has 1 atom stereocenters. The molecular weight excluding hydrogens is 126 g/mol. The normalized spacial score (nSPS) is 14.9. The van der Waals surface area contributed by atoms with Gasteiger partial charge in [0, 0.05) is 5.41 Å². The van der Waals surface area contributed by atoms with Crippen LogP contribution < -0.4 is 5.32 Å². The summed E-state index contributed by atoms with van der Waals surface area (Å²) in [7, 11) is 1.80. The second-order valence-electron chi connectivity index (χ2n) is 3.62. The van der Waals surface area contributed by atoms with Gasteiger partial charge < -0.3 is 5.32 Å². The Kier molecular flexibility index (Phi) is 3.03. The number of rotatable bonds is 2. The number of hydrogen-bond acceptors (Lipinski definition) is 2. The predicted molar refractivity (Wildman–Crippen MR) is 43.0 cm³/mol. The van der Waals surface area contributed by atoms with E-state index in [2.05, 4.69) is 5.32 Å². The summed E-state index contributed by atoms with van der Waals surface area (Å²) in [6.45, 7) is 7.68. The number of ketones is 1. The summed E-state index contributed by atoms with van der Waals surface area (Å²) in [4.78, 5) is 11.3. The maximum absolute atomic E-state index is 11.3. The number of Topliss-reactive ketones (excluding diaryl/α,β-unsaturated/α-hetero) is 1. The highest BCUT2D eigenvalue weighted by molar-refractivity contribution is 5.88. The average Bonchev–Trinajstić information content (AvgIpc) is 1.83. The van der Waals surface area contributed by atoms with Gasteiger partial charge in [-0.1, -0.05) is 20.8 Å². The molecule has 60 valence electrons. The van der Waals surface area contributed by atoms with E-state index in [0.29, 0.717) is 0 Å². The predicted octanol–water partition coefficient (Wildman–Crippen LogP) is 1.21. The van der Waals surface area contributed by atoms with Crippen LogP contribution in [0.15, 0.2) is 0 Å². The molecule has 0 aliphatic carbocycles. The minimum Gasteiger partial charge on any atom is -0.311 e. The van der Waals surface area contributed by atoms with Gasteiger partial charge in [-0.2, -0.15) is 0 Å². The molecule has 0 heterocycles. The first-order valence-corrected chi connectivity index (χ1v) is 3.61. The van der Waals surface area contributed by atoms with Gasteiger partial charge in [-0.3, -0.25) is 4.79 Å². The van der Waals surface area contributed by atoms with Gasteiger partial charge in [-0.05, 0) is 14.0 Å². The van der Waals surface area contributed by atoms with Crippen molar-refractivity contribution in [3.05, 3.63) is 0 Å². The van der Waals surface area contributed by atoms with E-state index in [4.69, 9.17) is 0 Å². The largest absolute Gasteiger partial charge is 0.311 e. The number of likely N-dealkylation sites (N-methyl/N-ethyl adjacent to an activating group) is 1. The Morgan fingerprint density at radius 1 is 1.40 bits per heavy atom. The standard InChI is InChI=1S/C8H17NO/c1-6(9-5)7(10)8(2,3)4/h6,9H,1-5H3. The number of nitrogens with one attached hydrogen (secondary N) is 1. The number of carbonyl (C=O) groups excluding carboxylic acids is 1. The summed E-state index contributed by atoms with van der Waals surface area (Å²) in [6, 6.07) is -0.0278. The molecule has 0 aromatic carbocycles. The molecule has 10 heavy (non-hydrogen) atoms. The van der Waals surface area contributed by atoms with Crippen molar-refractivity contribution in [3.63, 3.8) is 0 Å². The molecule has 0 bridgehead atoms. The van der Waals surface area contributed by atoms with E-state index in [1.54, 1.807) is 7.05 Å². The zero-order chi connectivity index (χ0) is 8.36. The first kappa shape index (κ1) is 9.63. The van der Waals surface area contributed by atoms with Crippen LogP contribution in [0.25, 0.3) is 0 Å². The van der Waals surface area contributed by atoms with E-state index >= 15 is 0 Å². The molecule has 2 heteroatoms. The topological polar surface area (TPSA) is 29.1 Å². The van der Waals surface area contributed by atoms with Gasteiger partial charge in [0.05, 0.1) is 6.04 Å². The molecular formula is C8H17NO. The van der Waals surface area contributed by atoms with E-state index in [0.717, 1.165) is 0 Å². The summed E-state index contributed by atoms with van der Waals surface area (Å²) >= 11 is 0. The zero-order valence-electron chi connectivity index (χ0n) is 7.49. The van der Waals surface area contributed by atoms with Crippen LogP contribution in [0.5, 0.6) is 0 Å². The van der Waals surface area contributed by atoms with E-state index in [1.165, 1.54) is 0 Å². The minimum atomic E-state index is -0.220. The van der Waals surface area contributed by atoms with Gasteiger partial charge in [0.1, 0.15) is 0 Å². The average molecular weight is 143 g/mol. The molecule has 1 N–H and O–H groups in total. The maximum Gasteiger partial charge on any atom is 0.154 e. The summed E-state index contributed by atoms with van der Waals surface area (Å²) in [5.41, 5.74) is -0.220. The summed E-state index contributed by atoms with van der Waals surface area (Å²) in [5.74, 6) is 0.259. The molecule has 0 aromatic rings. The van der Waals surface area contributed by atoms with Crippen molar-refractivity contribution in [2.24, 2.45) is 5.41 Å². The van der Waals surface area contributed by atoms with Crippen LogP contribution in [0.3, 0.4) is 0 Å². The third kappa shape index (κ3) is 2.48. The zero-order valence-corrected chi connectivity index (χ0v) is 7.49. The van der Waals surface area contributed by atoms with Crippen molar-refractivity contribution >= 4 is 5.78 Å². The van der Waals surface area contributed by atoms with E-state index in [-0.39, 0.29) is 17.2 Å². The molecule has 0 radical (unpaired) electrons. The van der Waals surface area contributed by atoms with Gasteiger partial charge in [0.2, 0.25) is 0 Å². The van der Waals surface area contributed by atoms with Crippen LogP contribution in [-0.2, 0) is 4.79 Å². The molecule has 0 aromatic heterocycles. The number of carbonyl (C=O) groups is 1. The van der Waals surface area contributed by atoms with Gasteiger partial charge in [-0.25, -0.2) is 0 Å². The summed E-state index contributed by atoms with van der Waals surface area (Å²) in [6.07, 6.45) is 0. The van der Waals surface area contributed by atoms with E-state index < -0.39 is 0 Å². The highest BCUT2D eigenvalue weighted by atomic mass is 16.1. The van der Waals surface area contributed by atoms with Crippen LogP contribution in [0.2, 0.25) is 0 Å². The Bertz CT molecular complexity index is 124. The summed E-state index contributed by atoms with van der Waals surface area (Å²) in [5, 5.41) is 2.92. The Hall–Kier alpha value is -0.370. The van der Waals surface area contributed by atoms with E-state index in [9.17, 15) is 4.79 Å². The summed E-state index contributed by atoms with van der Waals surface area (Å²) < 4.78 is 0. The number of hydrogen-bond donors (Lipinski definition) is 1. The Morgan fingerprint density at radius 3 is 1.90 bits per heavy atom. The molecule has 0 aliphatic heterocycles. The molecule has 0 aliphatic rings. The quantitative estimate of drug-likeness (QED) is 0.629. The first-order valence-electron chi connectivity index (χ1n) is 3.61. The van der Waals surface area contributed by atoms with Crippen molar-refractivity contribution in [1.29, 1.82) is 0 Å². The van der Waals surface area contributed by atoms with Gasteiger partial charge in [0.15, 0.2) is 5.78 Å². The monoisotopic (exact) mass is 143 g/mol. The lowest BCUT2D eigenvalue weighted by Crippen LogP contribution is -2.38. The van der Waals surface area contributed by atoms with Crippen molar-refractivity contribution in [3.8, 4) is 0 Å². The van der Waals surface area contributed by atoms with Crippen LogP contribution >= 0.6 is 0 Å². The second kappa shape index (κ2) is 3.15. The van der Waals surface area contributed by atoms with Crippen molar-refractivity contribution in [2.45, 2.75) is 33.7 Å². The van der Waals surface area contributed by atoms with E-state index in [1.807, 2.05) is 27.7 Å². The third-order valence-electron chi connectivity index (χ3n) is 1.57. The molecule has 0 fully saturated rings. The van der Waals surface area contributed by atoms with Crippen molar-refractivity contribution in [2.75, 3.05) is 7.05 Å². The van der Waals surface area contributed by atoms with Crippen molar-refractivity contribution < 1.29 is 4.79 Å². The highest BCUT2D eigenvalue weighted by Gasteiger charge is 2.25. The molecule has 0 spiro atoms. The molecule has 2 nitrogen and oxygen atoms in total. The van der Waals surface area contributed by atoms with Gasteiger partial charge in [0.25, 0.3) is 0 Å². The van der Waals surface area contributed by atoms with Crippen LogP contribution in [0.4, 0.5) is 0 Å². The lowest BCUT2D eigenvalue weighted by Gasteiger charge is -2.20. The third-order valence-corrected chi connectivity index (χ3v) is 1.57. The molecule has 1 unspecified atom stereocenters. The van der Waals surface area contributed by atoms with Crippen molar-refractivity contribution in [1.82, 2.24) is 5.32 Å². The van der Waals surface area contributed by atoms with Crippen LogP contribution in [0.1, 0.15) is 27.7 Å². The van der Waals surface area contributed by atoms with Crippen LogP contribution in [0, 0.1) is 5.41 Å². The molecule has 0 saturated carbocycles. The fourth-order valence-corrected chi connectivity index (χ4v) is 0.781. The Balaban J connectivity index is 4.09. The minimum absolute atomic E-state index is 0.0278. The van der Waals surface area contributed by atoms with Gasteiger partial charge >= 0.3 is 0 Å². The molecule has 0 rings (SSSR count). The van der Waals surface area contributed by atoms with Crippen LogP contribution in [-0.4, -0.2) is 18.9 Å². The maximum atomic E-state index is 11.3.